The monoisotopic (exact) mass is 345 g/mol. The van der Waals surface area contributed by atoms with Crippen molar-refractivity contribution in [3.63, 3.8) is 0 Å². The maximum atomic E-state index is 12.1. The first-order valence-electron chi connectivity index (χ1n) is 7.99. The van der Waals surface area contributed by atoms with Crippen molar-refractivity contribution < 1.29 is 22.7 Å². The molecule has 0 saturated carbocycles. The Morgan fingerprint density at radius 1 is 1.38 bits per heavy atom. The van der Waals surface area contributed by atoms with Gasteiger partial charge in [-0.25, -0.2) is 4.98 Å². The Balaban J connectivity index is 1.80. The Morgan fingerprint density at radius 3 is 2.54 bits per heavy atom. The number of halogens is 3. The first kappa shape index (κ1) is 18.4. The lowest BCUT2D eigenvalue weighted by Crippen LogP contribution is -2.42. The molecule has 8 heteroatoms. The molecule has 1 aliphatic rings. The SMILES string of the molecule is CC(C)CC(=O)N1CCC(Nc2ccc(OC(F)(F)F)cn2)CC1. The van der Waals surface area contributed by atoms with E-state index in [0.29, 0.717) is 31.2 Å². The molecule has 2 heterocycles. The molecule has 1 amide bonds. The van der Waals surface area contributed by atoms with Crippen molar-refractivity contribution in [2.45, 2.75) is 45.5 Å². The number of aromatic nitrogens is 1. The summed E-state index contributed by atoms with van der Waals surface area (Å²) in [5.74, 6) is 0.670. The highest BCUT2D eigenvalue weighted by Gasteiger charge is 2.31. The molecule has 24 heavy (non-hydrogen) atoms. The van der Waals surface area contributed by atoms with E-state index in [0.717, 1.165) is 19.0 Å². The summed E-state index contributed by atoms with van der Waals surface area (Å²) in [5, 5.41) is 3.19. The number of hydrogen-bond donors (Lipinski definition) is 1. The third-order valence-electron chi connectivity index (χ3n) is 3.75. The average Bonchev–Trinajstić information content (AvgIpc) is 2.48. The molecule has 0 bridgehead atoms. The summed E-state index contributed by atoms with van der Waals surface area (Å²) in [6.45, 7) is 5.39. The number of rotatable bonds is 5. The quantitative estimate of drug-likeness (QED) is 0.888. The third kappa shape index (κ3) is 5.90. The van der Waals surface area contributed by atoms with E-state index in [1.165, 1.54) is 12.1 Å². The summed E-state index contributed by atoms with van der Waals surface area (Å²) in [6.07, 6.45) is -1.55. The van der Waals surface area contributed by atoms with Crippen LogP contribution in [0.2, 0.25) is 0 Å². The fraction of sp³-hybridized carbons (Fsp3) is 0.625. The van der Waals surface area contributed by atoms with Gasteiger partial charge in [0.15, 0.2) is 0 Å². The molecule has 1 aliphatic heterocycles. The zero-order chi connectivity index (χ0) is 17.7. The van der Waals surface area contributed by atoms with E-state index in [4.69, 9.17) is 0 Å². The lowest BCUT2D eigenvalue weighted by molar-refractivity contribution is -0.274. The Morgan fingerprint density at radius 2 is 2.04 bits per heavy atom. The number of nitrogens with one attached hydrogen (secondary N) is 1. The van der Waals surface area contributed by atoms with Crippen LogP contribution in [0.4, 0.5) is 19.0 Å². The highest BCUT2D eigenvalue weighted by Crippen LogP contribution is 2.23. The Kier molecular flexibility index (Phi) is 5.90. The first-order valence-corrected chi connectivity index (χ1v) is 7.99. The van der Waals surface area contributed by atoms with Crippen LogP contribution in [0.15, 0.2) is 18.3 Å². The van der Waals surface area contributed by atoms with E-state index in [2.05, 4.69) is 15.0 Å². The van der Waals surface area contributed by atoms with Crippen LogP contribution in [0.1, 0.15) is 33.1 Å². The van der Waals surface area contributed by atoms with Crippen molar-refractivity contribution >= 4 is 11.7 Å². The number of carbonyl (C=O) groups is 1. The minimum Gasteiger partial charge on any atom is -0.404 e. The standard InChI is InChI=1S/C16H22F3N3O2/c1-11(2)9-15(23)22-7-5-12(6-8-22)21-14-4-3-13(10-20-14)24-16(17,18)19/h3-4,10-12H,5-9H2,1-2H3,(H,20,21). The molecule has 1 saturated heterocycles. The minimum atomic E-state index is -4.72. The molecular weight excluding hydrogens is 323 g/mol. The van der Waals surface area contributed by atoms with Gasteiger partial charge < -0.3 is 15.0 Å². The number of hydrogen-bond acceptors (Lipinski definition) is 4. The van der Waals surface area contributed by atoms with Gasteiger partial charge in [-0.3, -0.25) is 4.79 Å². The highest BCUT2D eigenvalue weighted by molar-refractivity contribution is 5.76. The van der Waals surface area contributed by atoms with Gasteiger partial charge in [-0.15, -0.1) is 13.2 Å². The zero-order valence-corrected chi connectivity index (χ0v) is 13.8. The van der Waals surface area contributed by atoms with Gasteiger partial charge in [-0.05, 0) is 30.9 Å². The Hall–Kier alpha value is -1.99. The van der Waals surface area contributed by atoms with Crippen molar-refractivity contribution in [3.05, 3.63) is 18.3 Å². The molecule has 1 fully saturated rings. The van der Waals surface area contributed by atoms with E-state index < -0.39 is 6.36 Å². The van der Waals surface area contributed by atoms with Crippen molar-refractivity contribution in [3.8, 4) is 5.75 Å². The predicted octanol–water partition coefficient (Wildman–Crippen LogP) is 3.43. The molecule has 1 aromatic rings. The molecule has 0 aromatic carbocycles. The molecule has 0 spiro atoms. The summed E-state index contributed by atoms with van der Waals surface area (Å²) in [7, 11) is 0. The molecule has 0 unspecified atom stereocenters. The summed E-state index contributed by atoms with van der Waals surface area (Å²) < 4.78 is 40.1. The van der Waals surface area contributed by atoms with Crippen molar-refractivity contribution in [1.82, 2.24) is 9.88 Å². The van der Waals surface area contributed by atoms with Crippen LogP contribution in [0.25, 0.3) is 0 Å². The zero-order valence-electron chi connectivity index (χ0n) is 13.8. The Bertz CT molecular complexity index is 538. The number of ether oxygens (including phenoxy) is 1. The van der Waals surface area contributed by atoms with Crippen LogP contribution in [-0.4, -0.2) is 41.3 Å². The van der Waals surface area contributed by atoms with Gasteiger partial charge in [0.1, 0.15) is 11.6 Å². The molecule has 1 N–H and O–H groups in total. The normalized spacial score (nSPS) is 16.3. The first-order chi connectivity index (χ1) is 11.2. The maximum Gasteiger partial charge on any atom is 0.573 e. The molecule has 0 radical (unpaired) electrons. The van der Waals surface area contributed by atoms with Gasteiger partial charge in [-0.2, -0.15) is 0 Å². The summed E-state index contributed by atoms with van der Waals surface area (Å²) in [4.78, 5) is 17.8. The smallest absolute Gasteiger partial charge is 0.404 e. The number of amides is 1. The van der Waals surface area contributed by atoms with Crippen molar-refractivity contribution in [1.29, 1.82) is 0 Å². The summed E-state index contributed by atoms with van der Waals surface area (Å²) in [5.41, 5.74) is 0. The van der Waals surface area contributed by atoms with E-state index in [-0.39, 0.29) is 17.7 Å². The minimum absolute atomic E-state index is 0.148. The molecule has 0 atom stereocenters. The highest BCUT2D eigenvalue weighted by atomic mass is 19.4. The van der Waals surface area contributed by atoms with Crippen LogP contribution < -0.4 is 10.1 Å². The van der Waals surface area contributed by atoms with Gasteiger partial charge in [-0.1, -0.05) is 13.8 Å². The van der Waals surface area contributed by atoms with E-state index in [9.17, 15) is 18.0 Å². The molecule has 5 nitrogen and oxygen atoms in total. The molecule has 2 rings (SSSR count). The van der Waals surface area contributed by atoms with Crippen LogP contribution in [0, 0.1) is 5.92 Å². The van der Waals surface area contributed by atoms with Crippen LogP contribution >= 0.6 is 0 Å². The average molecular weight is 345 g/mol. The Labute approximate surface area is 139 Å². The van der Waals surface area contributed by atoms with Crippen LogP contribution in [-0.2, 0) is 4.79 Å². The van der Waals surface area contributed by atoms with Gasteiger partial charge in [0.2, 0.25) is 5.91 Å². The van der Waals surface area contributed by atoms with Crippen LogP contribution in [0.3, 0.4) is 0 Å². The van der Waals surface area contributed by atoms with Crippen molar-refractivity contribution in [2.24, 2.45) is 5.92 Å². The number of anilines is 1. The largest absolute Gasteiger partial charge is 0.573 e. The second kappa shape index (κ2) is 7.72. The second-order valence-electron chi connectivity index (χ2n) is 6.32. The van der Waals surface area contributed by atoms with Gasteiger partial charge >= 0.3 is 6.36 Å². The molecule has 134 valence electrons. The van der Waals surface area contributed by atoms with E-state index >= 15 is 0 Å². The van der Waals surface area contributed by atoms with Gasteiger partial charge in [0.25, 0.3) is 0 Å². The fourth-order valence-corrected chi connectivity index (χ4v) is 2.62. The molecule has 0 aliphatic carbocycles. The maximum absolute atomic E-state index is 12.1. The third-order valence-corrected chi connectivity index (χ3v) is 3.75. The topological polar surface area (TPSA) is 54.5 Å². The van der Waals surface area contributed by atoms with Crippen molar-refractivity contribution in [2.75, 3.05) is 18.4 Å². The number of alkyl halides is 3. The molecular formula is C16H22F3N3O2. The summed E-state index contributed by atoms with van der Waals surface area (Å²) >= 11 is 0. The van der Waals surface area contributed by atoms with E-state index in [1.54, 1.807) is 0 Å². The van der Waals surface area contributed by atoms with E-state index in [1.807, 2.05) is 18.7 Å². The summed E-state index contributed by atoms with van der Waals surface area (Å²) in [6, 6.07) is 2.83. The molecule has 1 aromatic heterocycles. The lowest BCUT2D eigenvalue weighted by atomic mass is 10.0. The van der Waals surface area contributed by atoms with Crippen LogP contribution in [0.5, 0.6) is 5.75 Å². The fourth-order valence-electron chi connectivity index (χ4n) is 2.62. The van der Waals surface area contributed by atoms with Gasteiger partial charge in [0, 0.05) is 25.6 Å². The number of carbonyl (C=O) groups excluding carboxylic acids is 1. The second-order valence-corrected chi connectivity index (χ2v) is 6.32. The number of nitrogens with zero attached hydrogens (tertiary/aromatic N) is 2. The lowest BCUT2D eigenvalue weighted by Gasteiger charge is -2.33. The van der Waals surface area contributed by atoms with Gasteiger partial charge in [0.05, 0.1) is 6.20 Å². The number of likely N-dealkylation sites (tertiary alicyclic amines) is 1. The number of pyridine rings is 1. The predicted molar refractivity (Wildman–Crippen MR) is 83.6 cm³/mol. The number of piperidine rings is 1.